The number of methoxy groups -OCH3 is 1. The van der Waals surface area contributed by atoms with Crippen LogP contribution in [-0.4, -0.2) is 85.2 Å². The summed E-state index contributed by atoms with van der Waals surface area (Å²) in [5.74, 6) is -0.224. The number of hydrogen-bond donors (Lipinski definition) is 1. The molecule has 6 heterocycles. The number of ether oxygens (including phenoxy) is 4. The summed E-state index contributed by atoms with van der Waals surface area (Å²) in [4.78, 5) is 14.1. The standard InChI is InChI=1S/C34H35ClF2N6O4S/c1-17-9-34(7-4-8-42(34)11-17)16-47-32-40-27-24-28(46-13-18-12-45-15-33(2,44-3)14-43(18)31(24)41-32)25(35)23(26(27)37)19-5-6-21(36)29-22(19)20(10-38)30(39)48-29/h5-6,17-18H,4,7-9,11-16,39H2,1-3H3/t17-,18?,33?,34+/m1/s1. The van der Waals surface area contributed by atoms with Crippen LogP contribution in [0.2, 0.25) is 5.02 Å². The first-order valence-electron chi connectivity index (χ1n) is 16.1. The van der Waals surface area contributed by atoms with Gasteiger partial charge in [0, 0.05) is 24.6 Å². The number of benzene rings is 2. The number of anilines is 2. The summed E-state index contributed by atoms with van der Waals surface area (Å²) >= 11 is 8.01. The maximum absolute atomic E-state index is 17.3. The number of nitrogens with two attached hydrogens (primary N) is 1. The van der Waals surface area contributed by atoms with Gasteiger partial charge in [0.25, 0.3) is 0 Å². The molecule has 10 nitrogen and oxygen atoms in total. The quantitative estimate of drug-likeness (QED) is 0.260. The molecule has 0 radical (unpaired) electrons. The zero-order chi connectivity index (χ0) is 33.5. The van der Waals surface area contributed by atoms with Gasteiger partial charge < -0.3 is 29.6 Å². The third kappa shape index (κ3) is 4.79. The molecule has 4 atom stereocenters. The Balaban J connectivity index is 1.36. The third-order valence-electron chi connectivity index (χ3n) is 10.5. The Hall–Kier alpha value is -3.54. The van der Waals surface area contributed by atoms with Gasteiger partial charge >= 0.3 is 6.01 Å². The molecule has 0 saturated carbocycles. The predicted molar refractivity (Wildman–Crippen MR) is 180 cm³/mol. The maximum atomic E-state index is 17.3. The lowest BCUT2D eigenvalue weighted by molar-refractivity contribution is -0.0463. The minimum atomic E-state index is -0.772. The molecule has 4 aliphatic heterocycles. The van der Waals surface area contributed by atoms with Crippen molar-refractivity contribution in [1.82, 2.24) is 14.9 Å². The van der Waals surface area contributed by atoms with Gasteiger partial charge in [0.05, 0.1) is 52.0 Å². The van der Waals surface area contributed by atoms with Crippen LogP contribution in [0.15, 0.2) is 12.1 Å². The molecule has 4 aliphatic rings. The normalized spacial score (nSPS) is 27.0. The van der Waals surface area contributed by atoms with E-state index < -0.39 is 17.2 Å². The zero-order valence-electron chi connectivity index (χ0n) is 26.9. The lowest BCUT2D eigenvalue weighted by Crippen LogP contribution is -2.48. The van der Waals surface area contributed by atoms with Crippen LogP contribution in [0.5, 0.6) is 11.8 Å². The predicted octanol–water partition coefficient (Wildman–Crippen LogP) is 6.15. The highest BCUT2D eigenvalue weighted by Crippen LogP contribution is 2.51. The molecule has 252 valence electrons. The van der Waals surface area contributed by atoms with Crippen molar-refractivity contribution in [3.05, 3.63) is 34.4 Å². The third-order valence-corrected chi connectivity index (χ3v) is 11.8. The van der Waals surface area contributed by atoms with E-state index in [-0.39, 0.29) is 77.7 Å². The largest absolute Gasteiger partial charge is 0.489 e. The van der Waals surface area contributed by atoms with Crippen LogP contribution in [0.3, 0.4) is 0 Å². The molecule has 4 aromatic rings. The Bertz CT molecular complexity index is 2020. The monoisotopic (exact) mass is 696 g/mol. The smallest absolute Gasteiger partial charge is 0.319 e. The molecule has 0 aliphatic carbocycles. The van der Waals surface area contributed by atoms with E-state index in [0.717, 1.165) is 43.7 Å². The van der Waals surface area contributed by atoms with Crippen molar-refractivity contribution in [3.63, 3.8) is 0 Å². The van der Waals surface area contributed by atoms with Crippen LogP contribution in [0.4, 0.5) is 19.6 Å². The second-order valence-corrected chi connectivity index (χ2v) is 15.2. The van der Waals surface area contributed by atoms with Gasteiger partial charge in [0.15, 0.2) is 11.6 Å². The Morgan fingerprint density at radius 1 is 1.25 bits per heavy atom. The first kappa shape index (κ1) is 31.7. The van der Waals surface area contributed by atoms with Crippen molar-refractivity contribution in [2.45, 2.75) is 50.3 Å². The van der Waals surface area contributed by atoms with Crippen molar-refractivity contribution in [2.75, 3.05) is 63.8 Å². The minimum Gasteiger partial charge on any atom is -0.489 e. The molecule has 14 heteroatoms. The fraction of sp³-hybridized carbons (Fsp3) is 0.500. The number of aromatic nitrogens is 2. The first-order chi connectivity index (χ1) is 23.1. The lowest BCUT2D eigenvalue weighted by atomic mass is 9.92. The van der Waals surface area contributed by atoms with Crippen LogP contribution in [0.25, 0.3) is 32.1 Å². The Morgan fingerprint density at radius 3 is 2.88 bits per heavy atom. The molecule has 0 bridgehead atoms. The summed E-state index contributed by atoms with van der Waals surface area (Å²) in [5, 5.41) is 10.5. The molecule has 2 N–H and O–H groups in total. The summed E-state index contributed by atoms with van der Waals surface area (Å²) in [5.41, 5.74) is 5.43. The molecule has 2 aromatic carbocycles. The van der Waals surface area contributed by atoms with Crippen LogP contribution in [0, 0.1) is 28.9 Å². The number of thiophene rings is 1. The van der Waals surface area contributed by atoms with E-state index in [1.807, 2.05) is 11.8 Å². The lowest BCUT2D eigenvalue weighted by Gasteiger charge is -2.34. The van der Waals surface area contributed by atoms with E-state index in [4.69, 9.17) is 41.3 Å². The van der Waals surface area contributed by atoms with E-state index in [2.05, 4.69) is 22.9 Å². The Labute approximate surface area is 285 Å². The van der Waals surface area contributed by atoms with Crippen LogP contribution in [0.1, 0.15) is 38.7 Å². The van der Waals surface area contributed by atoms with Crippen LogP contribution in [-0.2, 0) is 9.47 Å². The highest BCUT2D eigenvalue weighted by atomic mass is 35.5. The number of halogens is 3. The molecule has 48 heavy (non-hydrogen) atoms. The number of nitrogens with zero attached hydrogens (tertiary/aromatic N) is 5. The molecule has 2 aromatic heterocycles. The molecular formula is C34H35ClF2N6O4S. The summed E-state index contributed by atoms with van der Waals surface area (Å²) in [6.07, 6.45) is 3.10. The average Bonchev–Trinajstić information content (AvgIpc) is 3.63. The fourth-order valence-corrected chi connectivity index (χ4v) is 9.42. The van der Waals surface area contributed by atoms with Gasteiger partial charge in [0.1, 0.15) is 47.0 Å². The Morgan fingerprint density at radius 2 is 2.08 bits per heavy atom. The molecule has 0 amide bonds. The van der Waals surface area contributed by atoms with Gasteiger partial charge in [-0.15, -0.1) is 11.3 Å². The summed E-state index contributed by atoms with van der Waals surface area (Å²) in [6.45, 7) is 7.77. The molecular weight excluding hydrogens is 662 g/mol. The number of nitriles is 1. The summed E-state index contributed by atoms with van der Waals surface area (Å²) in [7, 11) is 1.63. The van der Waals surface area contributed by atoms with Crippen molar-refractivity contribution < 1.29 is 27.7 Å². The maximum Gasteiger partial charge on any atom is 0.319 e. The van der Waals surface area contributed by atoms with E-state index >= 15 is 8.78 Å². The van der Waals surface area contributed by atoms with Crippen molar-refractivity contribution in [2.24, 2.45) is 5.92 Å². The van der Waals surface area contributed by atoms with E-state index in [0.29, 0.717) is 38.1 Å². The van der Waals surface area contributed by atoms with Gasteiger partial charge in [0.2, 0.25) is 0 Å². The van der Waals surface area contributed by atoms with Crippen molar-refractivity contribution in [1.29, 1.82) is 5.26 Å². The van der Waals surface area contributed by atoms with Gasteiger partial charge in [-0.2, -0.15) is 15.2 Å². The second kappa shape index (κ2) is 11.5. The van der Waals surface area contributed by atoms with Crippen LogP contribution >= 0.6 is 22.9 Å². The minimum absolute atomic E-state index is 0.0306. The van der Waals surface area contributed by atoms with Crippen molar-refractivity contribution in [3.8, 4) is 29.0 Å². The van der Waals surface area contributed by atoms with Gasteiger partial charge in [-0.05, 0) is 50.3 Å². The number of hydrogen-bond acceptors (Lipinski definition) is 11. The number of fused-ring (bicyclic) bond motifs is 4. The molecule has 0 spiro atoms. The van der Waals surface area contributed by atoms with Crippen molar-refractivity contribution >= 4 is 54.7 Å². The highest BCUT2D eigenvalue weighted by Gasteiger charge is 2.48. The summed E-state index contributed by atoms with van der Waals surface area (Å²) < 4.78 is 57.2. The molecule has 2 unspecified atom stereocenters. The fourth-order valence-electron chi connectivity index (χ4n) is 8.13. The molecule has 8 rings (SSSR count). The number of nitrogen functional groups attached to an aromatic ring is 1. The average molecular weight is 697 g/mol. The van der Waals surface area contributed by atoms with E-state index in [9.17, 15) is 5.26 Å². The second-order valence-electron chi connectivity index (χ2n) is 13.8. The van der Waals surface area contributed by atoms with E-state index in [1.54, 1.807) is 7.11 Å². The zero-order valence-corrected chi connectivity index (χ0v) is 28.4. The first-order valence-corrected chi connectivity index (χ1v) is 17.3. The highest BCUT2D eigenvalue weighted by molar-refractivity contribution is 7.23. The molecule has 3 saturated heterocycles. The van der Waals surface area contributed by atoms with E-state index in [1.165, 1.54) is 12.1 Å². The van der Waals surface area contributed by atoms with Gasteiger partial charge in [-0.1, -0.05) is 24.6 Å². The number of rotatable bonds is 5. The summed E-state index contributed by atoms with van der Waals surface area (Å²) in [6, 6.07) is 4.39. The Kier molecular flexibility index (Phi) is 7.61. The molecule has 3 fully saturated rings. The van der Waals surface area contributed by atoms with Gasteiger partial charge in [-0.3, -0.25) is 4.90 Å². The van der Waals surface area contributed by atoms with Gasteiger partial charge in [-0.25, -0.2) is 8.78 Å². The van der Waals surface area contributed by atoms with Crippen LogP contribution < -0.4 is 20.1 Å². The topological polar surface area (TPSA) is 119 Å². The SMILES string of the molecule is COC1(C)COCC2COc3c(Cl)c(-c4ccc(F)c5sc(N)c(C#N)c45)c(F)c4nc(OC[C@@]56CCCN5C[C@H](C)C6)nc(c34)N2C1.